The number of halogens is 1. The van der Waals surface area contributed by atoms with Crippen LogP contribution in [0.2, 0.25) is 0 Å². The van der Waals surface area contributed by atoms with E-state index in [1.165, 1.54) is 24.0 Å². The number of nitrogens with zero attached hydrogens (tertiary/aromatic N) is 1. The lowest BCUT2D eigenvalue weighted by Gasteiger charge is -2.39. The summed E-state index contributed by atoms with van der Waals surface area (Å²) in [6.45, 7) is 7.95. The summed E-state index contributed by atoms with van der Waals surface area (Å²) in [7, 11) is 0. The molecule has 0 radical (unpaired) electrons. The molecule has 1 aromatic rings. The molecule has 1 atom stereocenters. The summed E-state index contributed by atoms with van der Waals surface area (Å²) in [5.74, 6) is 0.643. The molecule has 1 unspecified atom stereocenters. The van der Waals surface area contributed by atoms with Crippen LogP contribution in [0.1, 0.15) is 58.1 Å². The van der Waals surface area contributed by atoms with Gasteiger partial charge in [-0.05, 0) is 82.1 Å². The zero-order chi connectivity index (χ0) is 16.8. The van der Waals surface area contributed by atoms with Gasteiger partial charge >= 0.3 is 6.09 Å². The third-order valence-corrected chi connectivity index (χ3v) is 5.11. The maximum atomic E-state index is 13.0. The van der Waals surface area contributed by atoms with Crippen LogP contribution in [0.3, 0.4) is 0 Å². The van der Waals surface area contributed by atoms with Gasteiger partial charge in [-0.3, -0.25) is 4.90 Å². The number of aryl methyl sites for hydroxylation is 2. The summed E-state index contributed by atoms with van der Waals surface area (Å²) in [6, 6.07) is 4.60. The van der Waals surface area contributed by atoms with Crippen LogP contribution in [0.25, 0.3) is 0 Å². The van der Waals surface area contributed by atoms with Gasteiger partial charge in [0.05, 0.1) is 5.69 Å². The number of benzene rings is 1. The average Bonchev–Trinajstić information content (AvgIpc) is 3.27. The second-order valence-electron chi connectivity index (χ2n) is 7.72. The van der Waals surface area contributed by atoms with Crippen LogP contribution in [-0.2, 0) is 17.6 Å². The largest absolute Gasteiger partial charge is 0.443 e. The molecule has 4 heteroatoms. The van der Waals surface area contributed by atoms with Gasteiger partial charge < -0.3 is 4.74 Å². The van der Waals surface area contributed by atoms with Crippen LogP contribution in [0.5, 0.6) is 0 Å². The first-order valence-electron chi connectivity index (χ1n) is 8.63. The van der Waals surface area contributed by atoms with Crippen molar-refractivity contribution in [3.63, 3.8) is 0 Å². The molecule has 2 aliphatic rings. The van der Waals surface area contributed by atoms with Crippen molar-refractivity contribution in [3.05, 3.63) is 27.7 Å². The van der Waals surface area contributed by atoms with Gasteiger partial charge in [0, 0.05) is 10.5 Å². The Hall–Kier alpha value is -1.03. The molecule has 3 nitrogen and oxygen atoms in total. The second-order valence-corrected chi connectivity index (χ2v) is 8.64. The van der Waals surface area contributed by atoms with Gasteiger partial charge in [0.1, 0.15) is 5.60 Å². The third-order valence-electron chi connectivity index (χ3n) is 4.65. The van der Waals surface area contributed by atoms with Gasteiger partial charge in [0.15, 0.2) is 0 Å². The van der Waals surface area contributed by atoms with Crippen molar-refractivity contribution in [1.29, 1.82) is 0 Å². The first-order valence-corrected chi connectivity index (χ1v) is 9.43. The van der Waals surface area contributed by atoms with E-state index in [9.17, 15) is 4.79 Å². The molecule has 0 aromatic heterocycles. The Bertz CT molecular complexity index is 599. The Kier molecular flexibility index (Phi) is 4.47. The van der Waals surface area contributed by atoms with Crippen molar-refractivity contribution in [2.75, 3.05) is 4.90 Å². The highest BCUT2D eigenvalue weighted by Gasteiger charge is 2.43. The highest BCUT2D eigenvalue weighted by Crippen LogP contribution is 2.45. The third kappa shape index (κ3) is 3.57. The lowest BCUT2D eigenvalue weighted by Crippen LogP contribution is -2.47. The van der Waals surface area contributed by atoms with Gasteiger partial charge in [-0.2, -0.15) is 0 Å². The van der Waals surface area contributed by atoms with Gasteiger partial charge in [0.2, 0.25) is 0 Å². The normalized spacial score (nSPS) is 21.1. The monoisotopic (exact) mass is 379 g/mol. The number of carbonyl (C=O) groups excluding carboxylic acids is 1. The average molecular weight is 380 g/mol. The number of hydrogen-bond acceptors (Lipinski definition) is 2. The second kappa shape index (κ2) is 6.12. The van der Waals surface area contributed by atoms with Crippen LogP contribution < -0.4 is 4.90 Å². The van der Waals surface area contributed by atoms with Gasteiger partial charge in [0.25, 0.3) is 0 Å². The van der Waals surface area contributed by atoms with Crippen molar-refractivity contribution in [3.8, 4) is 0 Å². The van der Waals surface area contributed by atoms with Crippen molar-refractivity contribution in [2.24, 2.45) is 5.92 Å². The summed E-state index contributed by atoms with van der Waals surface area (Å²) >= 11 is 3.61. The van der Waals surface area contributed by atoms with Crippen molar-refractivity contribution in [1.82, 2.24) is 0 Å². The zero-order valence-corrected chi connectivity index (χ0v) is 16.1. The topological polar surface area (TPSA) is 29.5 Å². The minimum Gasteiger partial charge on any atom is -0.443 e. The molecule has 0 saturated heterocycles. The SMILES string of the molecule is CCc1cc(Br)cc2c1N(C(=O)OC(C)(C)C)C(C1CC1)CC2. The summed E-state index contributed by atoms with van der Waals surface area (Å²) in [6.07, 6.45) is 5.28. The van der Waals surface area contributed by atoms with Crippen LogP contribution >= 0.6 is 15.9 Å². The van der Waals surface area contributed by atoms with Gasteiger partial charge in [-0.15, -0.1) is 0 Å². The Morgan fingerprint density at radius 2 is 2.00 bits per heavy atom. The summed E-state index contributed by atoms with van der Waals surface area (Å²) < 4.78 is 6.85. The van der Waals surface area contributed by atoms with E-state index < -0.39 is 5.60 Å². The number of amides is 1. The fourth-order valence-electron chi connectivity index (χ4n) is 3.55. The number of carbonyl (C=O) groups is 1. The molecule has 1 aliphatic carbocycles. The Balaban J connectivity index is 2.04. The molecule has 1 heterocycles. The zero-order valence-electron chi connectivity index (χ0n) is 14.5. The molecular formula is C19H26BrNO2. The van der Waals surface area contributed by atoms with Crippen LogP contribution in [0.4, 0.5) is 10.5 Å². The van der Waals surface area contributed by atoms with Crippen molar-refractivity contribution in [2.45, 2.75) is 71.4 Å². The molecule has 1 aliphatic heterocycles. The van der Waals surface area contributed by atoms with E-state index in [-0.39, 0.29) is 6.09 Å². The number of ether oxygens (including phenoxy) is 1. The van der Waals surface area contributed by atoms with Crippen LogP contribution in [0, 0.1) is 5.92 Å². The fraction of sp³-hybridized carbons (Fsp3) is 0.632. The molecule has 0 bridgehead atoms. The van der Waals surface area contributed by atoms with E-state index in [4.69, 9.17) is 4.74 Å². The summed E-state index contributed by atoms with van der Waals surface area (Å²) in [5, 5.41) is 0. The van der Waals surface area contributed by atoms with E-state index in [0.29, 0.717) is 12.0 Å². The number of anilines is 1. The standard InChI is InChI=1S/C19H26BrNO2/c1-5-12-10-15(20)11-14-8-9-16(13-6-7-13)21(17(12)14)18(22)23-19(2,3)4/h10-11,13,16H,5-9H2,1-4H3. The highest BCUT2D eigenvalue weighted by molar-refractivity contribution is 9.10. The Morgan fingerprint density at radius 3 is 2.57 bits per heavy atom. The molecule has 1 aromatic carbocycles. The number of rotatable bonds is 2. The molecule has 0 spiro atoms. The van der Waals surface area contributed by atoms with Crippen molar-refractivity contribution >= 4 is 27.7 Å². The summed E-state index contributed by atoms with van der Waals surface area (Å²) in [5.41, 5.74) is 3.13. The lowest BCUT2D eigenvalue weighted by atomic mass is 9.90. The number of hydrogen-bond donors (Lipinski definition) is 0. The van der Waals surface area contributed by atoms with E-state index in [1.807, 2.05) is 25.7 Å². The minimum atomic E-state index is -0.468. The van der Waals surface area contributed by atoms with E-state index in [2.05, 4.69) is 35.0 Å². The maximum absolute atomic E-state index is 13.0. The number of fused-ring (bicyclic) bond motifs is 1. The van der Waals surface area contributed by atoms with E-state index in [0.717, 1.165) is 29.4 Å². The molecular weight excluding hydrogens is 354 g/mol. The predicted octanol–water partition coefficient (Wildman–Crippen LogP) is 5.48. The quantitative estimate of drug-likeness (QED) is 0.680. The first kappa shape index (κ1) is 16.8. The van der Waals surface area contributed by atoms with Gasteiger partial charge in [-0.25, -0.2) is 4.79 Å². The van der Waals surface area contributed by atoms with Crippen molar-refractivity contribution < 1.29 is 9.53 Å². The minimum absolute atomic E-state index is 0.188. The van der Waals surface area contributed by atoms with Crippen LogP contribution in [0.15, 0.2) is 16.6 Å². The van der Waals surface area contributed by atoms with Gasteiger partial charge in [-0.1, -0.05) is 22.9 Å². The molecule has 3 rings (SSSR count). The van der Waals surface area contributed by atoms with E-state index in [1.54, 1.807) is 0 Å². The highest BCUT2D eigenvalue weighted by atomic mass is 79.9. The lowest BCUT2D eigenvalue weighted by molar-refractivity contribution is 0.0555. The molecule has 126 valence electrons. The maximum Gasteiger partial charge on any atom is 0.415 e. The van der Waals surface area contributed by atoms with E-state index >= 15 is 0 Å². The molecule has 0 N–H and O–H groups in total. The Morgan fingerprint density at radius 1 is 1.30 bits per heavy atom. The predicted molar refractivity (Wildman–Crippen MR) is 97.1 cm³/mol. The first-order chi connectivity index (χ1) is 10.8. The smallest absolute Gasteiger partial charge is 0.415 e. The fourth-order valence-corrected chi connectivity index (χ4v) is 4.10. The van der Waals surface area contributed by atoms with Crippen LogP contribution in [-0.4, -0.2) is 17.7 Å². The Labute approximate surface area is 147 Å². The molecule has 1 amide bonds. The summed E-state index contributed by atoms with van der Waals surface area (Å²) in [4.78, 5) is 14.9. The molecule has 23 heavy (non-hydrogen) atoms. The molecule has 1 saturated carbocycles. The molecule has 1 fully saturated rings.